The van der Waals surface area contributed by atoms with Crippen LogP contribution >= 0.6 is 12.6 Å². The average molecular weight is 519 g/mol. The van der Waals surface area contributed by atoms with Crippen molar-refractivity contribution in [1.82, 2.24) is 25.9 Å². The van der Waals surface area contributed by atoms with Crippen LogP contribution in [0.2, 0.25) is 0 Å². The summed E-state index contributed by atoms with van der Waals surface area (Å²) in [6.45, 7) is 3.74. The van der Waals surface area contributed by atoms with Crippen molar-refractivity contribution in [2.45, 2.75) is 57.3 Å². The molecule has 0 aliphatic heterocycles. The highest BCUT2D eigenvalue weighted by molar-refractivity contribution is 7.80. The summed E-state index contributed by atoms with van der Waals surface area (Å²) in [4.78, 5) is 57.1. The molecular formula is C24H34N6O5S. The minimum atomic E-state index is -1.23. The topological polar surface area (TPSA) is 179 Å². The van der Waals surface area contributed by atoms with Gasteiger partial charge in [0.2, 0.25) is 17.7 Å². The van der Waals surface area contributed by atoms with Crippen LogP contribution in [0.15, 0.2) is 42.9 Å². The molecular weight excluding hydrogens is 484 g/mol. The van der Waals surface area contributed by atoms with Crippen LogP contribution in [0.25, 0.3) is 0 Å². The first-order valence-electron chi connectivity index (χ1n) is 11.6. The number of hydrogen-bond acceptors (Lipinski definition) is 7. The van der Waals surface area contributed by atoms with E-state index in [0.29, 0.717) is 5.69 Å². The van der Waals surface area contributed by atoms with Crippen molar-refractivity contribution >= 4 is 36.3 Å². The zero-order chi connectivity index (χ0) is 26.7. The van der Waals surface area contributed by atoms with Crippen molar-refractivity contribution in [1.29, 1.82) is 0 Å². The molecule has 7 N–H and O–H groups in total. The molecule has 12 heteroatoms. The smallest absolute Gasteiger partial charge is 0.327 e. The van der Waals surface area contributed by atoms with E-state index in [2.05, 4.69) is 38.5 Å². The Hall–Kier alpha value is -3.38. The molecule has 0 aliphatic carbocycles. The van der Waals surface area contributed by atoms with Crippen LogP contribution in [0.5, 0.6) is 0 Å². The molecule has 11 nitrogen and oxygen atoms in total. The molecule has 2 aromatic rings. The second-order valence-corrected chi connectivity index (χ2v) is 9.28. The molecule has 3 amide bonds. The van der Waals surface area contributed by atoms with E-state index in [4.69, 9.17) is 5.73 Å². The van der Waals surface area contributed by atoms with Crippen molar-refractivity contribution < 1.29 is 24.3 Å². The highest BCUT2D eigenvalue weighted by Crippen LogP contribution is 2.09. The number of carbonyl (C=O) groups is 4. The SMILES string of the molecule is CC(C)CC(NC(=O)C(Cc1ccccc1)NC(=O)C(N)Cc1cnc[nH]1)C(=O)NC(CS)C(=O)O. The van der Waals surface area contributed by atoms with E-state index in [-0.39, 0.29) is 30.9 Å². The number of H-pyrrole nitrogens is 1. The van der Waals surface area contributed by atoms with E-state index in [1.54, 1.807) is 6.20 Å². The van der Waals surface area contributed by atoms with Gasteiger partial charge in [-0.05, 0) is 17.9 Å². The number of thiol groups is 1. The number of hydrogen-bond donors (Lipinski definition) is 7. The summed E-state index contributed by atoms with van der Waals surface area (Å²) in [6.07, 6.45) is 3.67. The predicted octanol–water partition coefficient (Wildman–Crippen LogP) is 0.0371. The van der Waals surface area contributed by atoms with Gasteiger partial charge in [-0.3, -0.25) is 14.4 Å². The molecule has 2 rings (SSSR count). The van der Waals surface area contributed by atoms with Crippen molar-refractivity contribution in [3.8, 4) is 0 Å². The quantitative estimate of drug-likeness (QED) is 0.172. The fourth-order valence-corrected chi connectivity index (χ4v) is 3.74. The van der Waals surface area contributed by atoms with Gasteiger partial charge in [0.05, 0.1) is 12.4 Å². The lowest BCUT2D eigenvalue weighted by atomic mass is 10.0. The Bertz CT molecular complexity index is 1000. The lowest BCUT2D eigenvalue weighted by Gasteiger charge is -2.26. The Labute approximate surface area is 215 Å². The molecule has 1 heterocycles. The first-order chi connectivity index (χ1) is 17.1. The lowest BCUT2D eigenvalue weighted by molar-refractivity contribution is -0.141. The van der Waals surface area contributed by atoms with E-state index in [1.165, 1.54) is 6.33 Å². The van der Waals surface area contributed by atoms with E-state index in [0.717, 1.165) is 5.56 Å². The maximum Gasteiger partial charge on any atom is 0.327 e. The van der Waals surface area contributed by atoms with E-state index in [9.17, 15) is 24.3 Å². The summed E-state index contributed by atoms with van der Waals surface area (Å²) >= 11 is 3.97. The third-order valence-corrected chi connectivity index (χ3v) is 5.75. The Balaban J connectivity index is 2.18. The van der Waals surface area contributed by atoms with Gasteiger partial charge in [0.15, 0.2) is 0 Å². The summed E-state index contributed by atoms with van der Waals surface area (Å²) in [5, 5.41) is 17.0. The van der Waals surface area contributed by atoms with Gasteiger partial charge >= 0.3 is 5.97 Å². The van der Waals surface area contributed by atoms with E-state index in [1.807, 2.05) is 44.2 Å². The second kappa shape index (κ2) is 14.2. The van der Waals surface area contributed by atoms with Gasteiger partial charge in [-0.2, -0.15) is 12.6 Å². The number of nitrogens with zero attached hydrogens (tertiary/aromatic N) is 1. The second-order valence-electron chi connectivity index (χ2n) is 8.91. The zero-order valence-corrected chi connectivity index (χ0v) is 21.2. The molecule has 1 aromatic carbocycles. The number of benzene rings is 1. The van der Waals surface area contributed by atoms with E-state index >= 15 is 0 Å². The molecule has 0 bridgehead atoms. The third-order valence-electron chi connectivity index (χ3n) is 5.38. The summed E-state index contributed by atoms with van der Waals surface area (Å²) in [7, 11) is 0. The van der Waals surface area contributed by atoms with Gasteiger partial charge in [0.25, 0.3) is 0 Å². The van der Waals surface area contributed by atoms with Gasteiger partial charge in [0, 0.05) is 30.5 Å². The number of carboxylic acid groups (broad SMARTS) is 1. The van der Waals surface area contributed by atoms with Crippen LogP contribution in [0, 0.1) is 5.92 Å². The number of aromatic amines is 1. The summed E-state index contributed by atoms with van der Waals surface area (Å²) in [5.41, 5.74) is 7.52. The number of carboxylic acids is 1. The van der Waals surface area contributed by atoms with Gasteiger partial charge in [-0.1, -0.05) is 44.2 Å². The number of amides is 3. The number of aliphatic carboxylic acids is 1. The maximum absolute atomic E-state index is 13.3. The fourth-order valence-electron chi connectivity index (χ4n) is 3.50. The Morgan fingerprint density at radius 2 is 1.58 bits per heavy atom. The average Bonchev–Trinajstić information content (AvgIpc) is 3.34. The fraction of sp³-hybridized carbons (Fsp3) is 0.458. The number of imidazole rings is 1. The number of rotatable bonds is 14. The largest absolute Gasteiger partial charge is 0.480 e. The molecule has 0 spiro atoms. The highest BCUT2D eigenvalue weighted by atomic mass is 32.1. The molecule has 0 fully saturated rings. The van der Waals surface area contributed by atoms with Crippen LogP contribution in [0.4, 0.5) is 0 Å². The normalized spacial score (nSPS) is 14.4. The Morgan fingerprint density at radius 3 is 2.14 bits per heavy atom. The first-order valence-corrected chi connectivity index (χ1v) is 12.3. The number of aromatic nitrogens is 2. The highest BCUT2D eigenvalue weighted by Gasteiger charge is 2.30. The minimum Gasteiger partial charge on any atom is -0.480 e. The van der Waals surface area contributed by atoms with Gasteiger partial charge in [-0.15, -0.1) is 0 Å². The van der Waals surface area contributed by atoms with Crippen LogP contribution in [0.1, 0.15) is 31.5 Å². The number of nitrogens with one attached hydrogen (secondary N) is 4. The van der Waals surface area contributed by atoms with Crippen molar-refractivity contribution in [2.75, 3.05) is 5.75 Å². The minimum absolute atomic E-state index is 0.0188. The number of nitrogens with two attached hydrogens (primary N) is 1. The Morgan fingerprint density at radius 1 is 0.972 bits per heavy atom. The lowest BCUT2D eigenvalue weighted by Crippen LogP contribution is -2.58. The van der Waals surface area contributed by atoms with Crippen LogP contribution in [0.3, 0.4) is 0 Å². The Kier molecular flexibility index (Phi) is 11.4. The first kappa shape index (κ1) is 28.9. The third kappa shape index (κ3) is 9.34. The van der Waals surface area contributed by atoms with Gasteiger partial charge in [-0.25, -0.2) is 9.78 Å². The molecule has 0 saturated carbocycles. The van der Waals surface area contributed by atoms with Gasteiger partial charge < -0.3 is 31.8 Å². The molecule has 196 valence electrons. The van der Waals surface area contributed by atoms with E-state index < -0.39 is 47.9 Å². The molecule has 0 aliphatic rings. The van der Waals surface area contributed by atoms with Gasteiger partial charge in [0.1, 0.15) is 18.1 Å². The van der Waals surface area contributed by atoms with Crippen LogP contribution < -0.4 is 21.7 Å². The zero-order valence-electron chi connectivity index (χ0n) is 20.3. The molecule has 36 heavy (non-hydrogen) atoms. The number of carbonyl (C=O) groups excluding carboxylic acids is 3. The molecule has 4 unspecified atom stereocenters. The predicted molar refractivity (Wildman–Crippen MR) is 137 cm³/mol. The molecule has 4 atom stereocenters. The summed E-state index contributed by atoms with van der Waals surface area (Å²) in [5.74, 6) is -3.08. The maximum atomic E-state index is 13.3. The molecule has 0 saturated heterocycles. The molecule has 1 aromatic heterocycles. The molecule has 0 radical (unpaired) electrons. The summed E-state index contributed by atoms with van der Waals surface area (Å²) in [6, 6.07) is 4.94. The van der Waals surface area contributed by atoms with Crippen molar-refractivity contribution in [2.24, 2.45) is 11.7 Å². The van der Waals surface area contributed by atoms with Crippen molar-refractivity contribution in [3.63, 3.8) is 0 Å². The van der Waals surface area contributed by atoms with Crippen LogP contribution in [-0.4, -0.2) is 68.7 Å². The standard InChI is InChI=1S/C24H34N6O5S/c1-14(2)8-18(22(32)30-20(12-36)24(34)35)29-23(33)19(9-15-6-4-3-5-7-15)28-21(31)17(25)10-16-11-26-13-27-16/h3-7,11,13-14,17-20,36H,8-10,12,25H2,1-2H3,(H,26,27)(H,28,31)(H,29,33)(H,30,32)(H,34,35). The summed E-state index contributed by atoms with van der Waals surface area (Å²) < 4.78 is 0. The van der Waals surface area contributed by atoms with Crippen LogP contribution in [-0.2, 0) is 32.0 Å². The van der Waals surface area contributed by atoms with Crippen molar-refractivity contribution in [3.05, 3.63) is 54.1 Å². The monoisotopic (exact) mass is 518 g/mol.